The molecule has 4 bridgehead atoms. The Morgan fingerprint density at radius 3 is 2.67 bits per heavy atom. The first-order valence-electron chi connectivity index (χ1n) is 8.19. The number of ether oxygens (including phenoxy) is 3. The lowest BCUT2D eigenvalue weighted by Gasteiger charge is -2.45. The minimum Gasteiger partial charge on any atom is -0.393 e. The highest BCUT2D eigenvalue weighted by Crippen LogP contribution is 2.71. The lowest BCUT2D eigenvalue weighted by Crippen LogP contribution is -2.57. The zero-order valence-electron chi connectivity index (χ0n) is 12.3. The summed E-state index contributed by atoms with van der Waals surface area (Å²) in [6.07, 6.45) is 3.80. The Morgan fingerprint density at radius 1 is 1.14 bits per heavy atom. The van der Waals surface area contributed by atoms with Crippen LogP contribution in [0.25, 0.3) is 0 Å². The van der Waals surface area contributed by atoms with Gasteiger partial charge in [-0.2, -0.15) is 0 Å². The summed E-state index contributed by atoms with van der Waals surface area (Å²) in [5.74, 6) is -1.05. The van der Waals surface area contributed by atoms with Gasteiger partial charge >= 0.3 is 11.9 Å². The SMILES string of the molecule is CCC12CCC(O1)[C@H]1C3OC(CC)(C4C(=O)OC(=O)C34)C12. The first-order valence-corrected chi connectivity index (χ1v) is 8.19. The summed E-state index contributed by atoms with van der Waals surface area (Å²) < 4.78 is 17.7. The molecule has 5 nitrogen and oxygen atoms in total. The van der Waals surface area contributed by atoms with Gasteiger partial charge in [0.25, 0.3) is 0 Å². The average molecular weight is 292 g/mol. The largest absolute Gasteiger partial charge is 0.393 e. The van der Waals surface area contributed by atoms with Crippen LogP contribution < -0.4 is 0 Å². The number of carbonyl (C=O) groups excluding carboxylic acids is 2. The fourth-order valence-electron chi connectivity index (χ4n) is 6.37. The van der Waals surface area contributed by atoms with Crippen LogP contribution >= 0.6 is 0 Å². The highest BCUT2D eigenvalue weighted by molar-refractivity contribution is 5.98. The van der Waals surface area contributed by atoms with Crippen molar-refractivity contribution in [1.29, 1.82) is 0 Å². The molecule has 5 heterocycles. The van der Waals surface area contributed by atoms with Gasteiger partial charge < -0.3 is 14.2 Å². The van der Waals surface area contributed by atoms with Crippen LogP contribution in [0, 0.1) is 23.7 Å². The number of esters is 2. The molecular formula is C16H20O5. The summed E-state index contributed by atoms with van der Waals surface area (Å²) >= 11 is 0. The van der Waals surface area contributed by atoms with Crippen molar-refractivity contribution in [1.82, 2.24) is 0 Å². The second-order valence-corrected chi connectivity index (χ2v) is 7.30. The molecule has 0 aliphatic carbocycles. The van der Waals surface area contributed by atoms with E-state index in [0.717, 1.165) is 25.7 Å². The van der Waals surface area contributed by atoms with Gasteiger partial charge in [0.1, 0.15) is 11.8 Å². The predicted molar refractivity (Wildman–Crippen MR) is 70.1 cm³/mol. The third-order valence-corrected chi connectivity index (χ3v) is 7.00. The highest BCUT2D eigenvalue weighted by atomic mass is 16.6. The maximum absolute atomic E-state index is 12.2. The van der Waals surface area contributed by atoms with Crippen LogP contribution in [0.2, 0.25) is 0 Å². The molecule has 5 rings (SSSR count). The van der Waals surface area contributed by atoms with E-state index < -0.39 is 17.4 Å². The number of rotatable bonds is 2. The molecule has 0 radical (unpaired) electrons. The molecule has 5 heteroatoms. The van der Waals surface area contributed by atoms with Crippen molar-refractivity contribution in [3.8, 4) is 0 Å². The van der Waals surface area contributed by atoms with Crippen molar-refractivity contribution >= 4 is 11.9 Å². The third kappa shape index (κ3) is 1.10. The summed E-state index contributed by atoms with van der Waals surface area (Å²) in [5, 5.41) is 0. The first kappa shape index (κ1) is 12.6. The summed E-state index contributed by atoms with van der Waals surface area (Å²) in [4.78, 5) is 24.3. The Kier molecular flexibility index (Phi) is 2.11. The van der Waals surface area contributed by atoms with Crippen molar-refractivity contribution in [3.05, 3.63) is 0 Å². The van der Waals surface area contributed by atoms with Crippen LogP contribution in [0.15, 0.2) is 0 Å². The molecule has 0 amide bonds. The summed E-state index contributed by atoms with van der Waals surface area (Å²) in [6.45, 7) is 4.23. The molecular weight excluding hydrogens is 272 g/mol. The molecule has 114 valence electrons. The second kappa shape index (κ2) is 3.51. The quantitative estimate of drug-likeness (QED) is 0.569. The van der Waals surface area contributed by atoms with E-state index in [4.69, 9.17) is 14.2 Å². The molecule has 0 N–H and O–H groups in total. The molecule has 7 unspecified atom stereocenters. The fourth-order valence-corrected chi connectivity index (χ4v) is 6.37. The van der Waals surface area contributed by atoms with E-state index in [1.165, 1.54) is 0 Å². The minimum absolute atomic E-state index is 0.156. The summed E-state index contributed by atoms with van der Waals surface area (Å²) in [7, 11) is 0. The van der Waals surface area contributed by atoms with E-state index in [1.807, 2.05) is 0 Å². The van der Waals surface area contributed by atoms with Crippen molar-refractivity contribution in [3.63, 3.8) is 0 Å². The molecule has 0 aromatic rings. The smallest absolute Gasteiger partial charge is 0.320 e. The molecule has 0 saturated carbocycles. The third-order valence-electron chi connectivity index (χ3n) is 7.00. The molecule has 0 aromatic carbocycles. The second-order valence-electron chi connectivity index (χ2n) is 7.30. The van der Waals surface area contributed by atoms with E-state index in [9.17, 15) is 9.59 Å². The van der Waals surface area contributed by atoms with E-state index >= 15 is 0 Å². The zero-order chi connectivity index (χ0) is 14.6. The molecule has 8 atom stereocenters. The van der Waals surface area contributed by atoms with Crippen LogP contribution in [0.1, 0.15) is 39.5 Å². The average Bonchev–Trinajstić information content (AvgIpc) is 3.23. The zero-order valence-corrected chi connectivity index (χ0v) is 12.3. The van der Waals surface area contributed by atoms with Crippen molar-refractivity contribution in [2.75, 3.05) is 0 Å². The number of hydrogen-bond donors (Lipinski definition) is 0. The Labute approximate surface area is 123 Å². The number of carbonyl (C=O) groups is 2. The Morgan fingerprint density at radius 2 is 1.95 bits per heavy atom. The van der Waals surface area contributed by atoms with Crippen molar-refractivity contribution in [2.24, 2.45) is 23.7 Å². The van der Waals surface area contributed by atoms with Crippen LogP contribution in [-0.4, -0.2) is 35.3 Å². The maximum atomic E-state index is 12.2. The van der Waals surface area contributed by atoms with Crippen LogP contribution in [0.3, 0.4) is 0 Å². The molecule has 5 aliphatic rings. The van der Waals surface area contributed by atoms with Gasteiger partial charge in [0.15, 0.2) is 0 Å². The minimum atomic E-state index is -0.547. The lowest BCUT2D eigenvalue weighted by atomic mass is 9.54. The van der Waals surface area contributed by atoms with E-state index in [1.54, 1.807) is 0 Å². The highest BCUT2D eigenvalue weighted by Gasteiger charge is 2.82. The van der Waals surface area contributed by atoms with Crippen molar-refractivity contribution < 1.29 is 23.8 Å². The standard InChI is InChI=1S/C16H20O5/c1-3-15-6-5-7(20-15)8-11-9-10(14(18)19-13(9)17)16(4-2,21-11)12(8)15/h7-12H,3-6H2,1-2H3/t7?,8-,9?,10?,11?,12?,15?,16?/m0/s1. The number of fused-ring (bicyclic) bond motifs is 12. The van der Waals surface area contributed by atoms with Crippen LogP contribution in [-0.2, 0) is 23.8 Å². The molecule has 5 saturated heterocycles. The van der Waals surface area contributed by atoms with Gasteiger partial charge in [-0.3, -0.25) is 9.59 Å². The summed E-state index contributed by atoms with van der Waals surface area (Å²) in [5.41, 5.74) is -0.703. The van der Waals surface area contributed by atoms with Gasteiger partial charge in [0.05, 0.1) is 23.4 Å². The maximum Gasteiger partial charge on any atom is 0.320 e. The normalized spacial score (nSPS) is 59.5. The first-order chi connectivity index (χ1) is 10.1. The van der Waals surface area contributed by atoms with E-state index in [-0.39, 0.29) is 41.6 Å². The molecule has 5 aliphatic heterocycles. The molecule has 0 spiro atoms. The predicted octanol–water partition coefficient (Wildman–Crippen LogP) is 1.44. The molecule has 5 fully saturated rings. The lowest BCUT2D eigenvalue weighted by molar-refractivity contribution is -0.163. The van der Waals surface area contributed by atoms with Crippen molar-refractivity contribution in [2.45, 2.75) is 62.9 Å². The number of hydrogen-bond acceptors (Lipinski definition) is 5. The van der Waals surface area contributed by atoms with Gasteiger partial charge in [-0.25, -0.2) is 0 Å². The Hall–Kier alpha value is -0.940. The van der Waals surface area contributed by atoms with Crippen LogP contribution in [0.4, 0.5) is 0 Å². The summed E-state index contributed by atoms with van der Waals surface area (Å²) in [6, 6.07) is 0. The Balaban J connectivity index is 1.69. The van der Waals surface area contributed by atoms with Gasteiger partial charge in [0.2, 0.25) is 0 Å². The topological polar surface area (TPSA) is 61.8 Å². The fraction of sp³-hybridized carbons (Fsp3) is 0.875. The van der Waals surface area contributed by atoms with Crippen LogP contribution in [0.5, 0.6) is 0 Å². The van der Waals surface area contributed by atoms with Gasteiger partial charge in [-0.15, -0.1) is 0 Å². The van der Waals surface area contributed by atoms with E-state index in [2.05, 4.69) is 13.8 Å². The monoisotopic (exact) mass is 292 g/mol. The Bertz CT molecular complexity index is 559. The van der Waals surface area contributed by atoms with E-state index in [0.29, 0.717) is 0 Å². The number of cyclic esters (lactones) is 2. The molecule has 0 aromatic heterocycles. The van der Waals surface area contributed by atoms with Gasteiger partial charge in [0, 0.05) is 11.8 Å². The van der Waals surface area contributed by atoms with Gasteiger partial charge in [-0.05, 0) is 25.7 Å². The van der Waals surface area contributed by atoms with Gasteiger partial charge in [-0.1, -0.05) is 13.8 Å². The molecule has 21 heavy (non-hydrogen) atoms.